The van der Waals surface area contributed by atoms with E-state index in [0.717, 1.165) is 12.1 Å². The van der Waals surface area contributed by atoms with E-state index in [1.54, 1.807) is 26.7 Å². The molecule has 0 unspecified atom stereocenters. The van der Waals surface area contributed by atoms with Gasteiger partial charge in [-0.3, -0.25) is 14.3 Å². The highest BCUT2D eigenvalue weighted by molar-refractivity contribution is 5.97. The van der Waals surface area contributed by atoms with Crippen LogP contribution in [0.15, 0.2) is 61.2 Å². The van der Waals surface area contributed by atoms with Gasteiger partial charge in [-0.1, -0.05) is 6.07 Å². The van der Waals surface area contributed by atoms with Crippen LogP contribution in [0.1, 0.15) is 19.3 Å². The van der Waals surface area contributed by atoms with Crippen LogP contribution in [-0.2, 0) is 16.1 Å². The summed E-state index contributed by atoms with van der Waals surface area (Å²) in [6, 6.07) is 10.7. The van der Waals surface area contributed by atoms with Gasteiger partial charge >= 0.3 is 0 Å². The van der Waals surface area contributed by atoms with Crippen molar-refractivity contribution in [2.75, 3.05) is 11.9 Å². The van der Waals surface area contributed by atoms with E-state index < -0.39 is 6.04 Å². The summed E-state index contributed by atoms with van der Waals surface area (Å²) < 4.78 is 3.46. The number of amides is 2. The summed E-state index contributed by atoms with van der Waals surface area (Å²) in [6.07, 6.45) is 8.91. The summed E-state index contributed by atoms with van der Waals surface area (Å²) in [4.78, 5) is 27.1. The fraction of sp³-hybridized carbons (Fsp3) is 0.300. The van der Waals surface area contributed by atoms with Crippen molar-refractivity contribution >= 4 is 17.5 Å². The Hall–Kier alpha value is -3.42. The molecule has 1 saturated heterocycles. The molecule has 2 amide bonds. The number of nitrogens with one attached hydrogen (secondary N) is 1. The van der Waals surface area contributed by atoms with E-state index in [2.05, 4.69) is 15.5 Å². The zero-order chi connectivity index (χ0) is 19.3. The molecule has 8 nitrogen and oxygen atoms in total. The van der Waals surface area contributed by atoms with Crippen LogP contribution in [0.4, 0.5) is 5.69 Å². The third-order valence-corrected chi connectivity index (χ3v) is 4.87. The van der Waals surface area contributed by atoms with Gasteiger partial charge in [0.2, 0.25) is 11.8 Å². The Labute approximate surface area is 162 Å². The maximum atomic E-state index is 12.8. The second-order valence-electron chi connectivity index (χ2n) is 6.75. The maximum Gasteiger partial charge on any atom is 0.247 e. The highest BCUT2D eigenvalue weighted by Crippen LogP contribution is 2.21. The minimum atomic E-state index is -0.432. The highest BCUT2D eigenvalue weighted by Gasteiger charge is 2.33. The first kappa shape index (κ1) is 18.0. The molecule has 1 aliphatic rings. The van der Waals surface area contributed by atoms with Crippen LogP contribution in [0.25, 0.3) is 5.69 Å². The van der Waals surface area contributed by atoms with E-state index in [1.165, 1.54) is 0 Å². The SMILES string of the molecule is O=C(Nc1cccc(-n2cccn2)c1)[C@@H]1CCCN1C(=O)CCn1cccn1. The molecule has 1 N–H and O–H groups in total. The van der Waals surface area contributed by atoms with Crippen LogP contribution in [0, 0.1) is 0 Å². The van der Waals surface area contributed by atoms with E-state index in [-0.39, 0.29) is 11.8 Å². The summed E-state index contributed by atoms with van der Waals surface area (Å²) in [7, 11) is 0. The number of benzene rings is 1. The van der Waals surface area contributed by atoms with Crippen molar-refractivity contribution in [3.8, 4) is 5.69 Å². The lowest BCUT2D eigenvalue weighted by Gasteiger charge is -2.24. The van der Waals surface area contributed by atoms with E-state index in [0.29, 0.717) is 31.6 Å². The normalized spacial score (nSPS) is 16.3. The van der Waals surface area contributed by atoms with E-state index in [1.807, 2.05) is 48.8 Å². The first-order valence-electron chi connectivity index (χ1n) is 9.38. The number of aromatic nitrogens is 4. The summed E-state index contributed by atoms with van der Waals surface area (Å²) in [5, 5.41) is 11.3. The first-order chi connectivity index (χ1) is 13.7. The van der Waals surface area contributed by atoms with E-state index in [4.69, 9.17) is 0 Å². The molecular formula is C20H22N6O2. The number of aryl methyl sites for hydroxylation is 1. The van der Waals surface area contributed by atoms with Gasteiger partial charge in [-0.2, -0.15) is 10.2 Å². The molecule has 1 aromatic carbocycles. The van der Waals surface area contributed by atoms with Crippen LogP contribution in [-0.4, -0.2) is 48.9 Å². The second kappa shape index (κ2) is 8.08. The topological polar surface area (TPSA) is 85.0 Å². The van der Waals surface area contributed by atoms with Crippen molar-refractivity contribution in [1.29, 1.82) is 0 Å². The monoisotopic (exact) mass is 378 g/mol. The van der Waals surface area contributed by atoms with Gasteiger partial charge < -0.3 is 10.2 Å². The quantitative estimate of drug-likeness (QED) is 0.712. The zero-order valence-corrected chi connectivity index (χ0v) is 15.4. The molecule has 3 heterocycles. The van der Waals surface area contributed by atoms with Crippen molar-refractivity contribution < 1.29 is 9.59 Å². The molecule has 28 heavy (non-hydrogen) atoms. The summed E-state index contributed by atoms with van der Waals surface area (Å²) >= 11 is 0. The third-order valence-electron chi connectivity index (χ3n) is 4.87. The fourth-order valence-electron chi connectivity index (χ4n) is 3.50. The second-order valence-corrected chi connectivity index (χ2v) is 6.75. The van der Waals surface area contributed by atoms with Crippen molar-refractivity contribution in [3.63, 3.8) is 0 Å². The highest BCUT2D eigenvalue weighted by atomic mass is 16.2. The lowest BCUT2D eigenvalue weighted by molar-refractivity contribution is -0.136. The Balaban J connectivity index is 1.39. The summed E-state index contributed by atoms with van der Waals surface area (Å²) in [6.45, 7) is 1.13. The molecule has 8 heteroatoms. The Morgan fingerprint density at radius 1 is 1.11 bits per heavy atom. The molecule has 3 aromatic rings. The Bertz CT molecular complexity index is 936. The summed E-state index contributed by atoms with van der Waals surface area (Å²) in [5.74, 6) is -0.166. The number of likely N-dealkylation sites (tertiary alicyclic amines) is 1. The van der Waals surface area contributed by atoms with Gasteiger partial charge in [-0.25, -0.2) is 4.68 Å². The van der Waals surface area contributed by atoms with Crippen molar-refractivity contribution in [3.05, 3.63) is 61.2 Å². The van der Waals surface area contributed by atoms with Crippen LogP contribution < -0.4 is 5.32 Å². The molecule has 0 bridgehead atoms. The third kappa shape index (κ3) is 3.95. The fourth-order valence-corrected chi connectivity index (χ4v) is 3.50. The zero-order valence-electron chi connectivity index (χ0n) is 15.4. The Morgan fingerprint density at radius 3 is 2.75 bits per heavy atom. The molecule has 0 radical (unpaired) electrons. The summed E-state index contributed by atoms with van der Waals surface area (Å²) in [5.41, 5.74) is 1.55. The van der Waals surface area contributed by atoms with Crippen molar-refractivity contribution in [1.82, 2.24) is 24.5 Å². The average Bonchev–Trinajstić information content (AvgIpc) is 3.49. The minimum absolute atomic E-state index is 0.0153. The smallest absolute Gasteiger partial charge is 0.247 e. The largest absolute Gasteiger partial charge is 0.331 e. The Kier molecular flexibility index (Phi) is 5.18. The van der Waals surface area contributed by atoms with Crippen LogP contribution in [0.2, 0.25) is 0 Å². The average molecular weight is 378 g/mol. The molecule has 0 aliphatic carbocycles. The molecule has 4 rings (SSSR count). The number of hydrogen-bond donors (Lipinski definition) is 1. The van der Waals surface area contributed by atoms with Gasteiger partial charge in [0.25, 0.3) is 0 Å². The van der Waals surface area contributed by atoms with Crippen molar-refractivity contribution in [2.24, 2.45) is 0 Å². The van der Waals surface area contributed by atoms with Crippen LogP contribution in [0.5, 0.6) is 0 Å². The number of carbonyl (C=O) groups is 2. The number of nitrogens with zero attached hydrogens (tertiary/aromatic N) is 5. The van der Waals surface area contributed by atoms with E-state index in [9.17, 15) is 9.59 Å². The predicted octanol–water partition coefficient (Wildman–Crippen LogP) is 2.09. The van der Waals surface area contributed by atoms with Gasteiger partial charge in [0.1, 0.15) is 6.04 Å². The molecular weight excluding hydrogens is 356 g/mol. The molecule has 0 spiro atoms. The number of carbonyl (C=O) groups excluding carboxylic acids is 2. The number of hydrogen-bond acceptors (Lipinski definition) is 4. The molecule has 1 atom stereocenters. The lowest BCUT2D eigenvalue weighted by atomic mass is 10.2. The van der Waals surface area contributed by atoms with Gasteiger partial charge in [0.05, 0.1) is 5.69 Å². The van der Waals surface area contributed by atoms with Gasteiger partial charge in [0, 0.05) is 50.0 Å². The number of rotatable bonds is 6. The van der Waals surface area contributed by atoms with Gasteiger partial charge in [-0.05, 0) is 43.2 Å². The molecule has 0 saturated carbocycles. The Morgan fingerprint density at radius 2 is 1.96 bits per heavy atom. The maximum absolute atomic E-state index is 12.8. The molecule has 2 aromatic heterocycles. The van der Waals surface area contributed by atoms with Crippen LogP contribution >= 0.6 is 0 Å². The lowest BCUT2D eigenvalue weighted by Crippen LogP contribution is -2.43. The minimum Gasteiger partial charge on any atom is -0.331 e. The van der Waals surface area contributed by atoms with Gasteiger partial charge in [-0.15, -0.1) is 0 Å². The van der Waals surface area contributed by atoms with E-state index >= 15 is 0 Å². The number of anilines is 1. The standard InChI is InChI=1S/C20H22N6O2/c27-19(8-14-24-11-3-9-21-24)25-12-2-7-18(25)20(28)23-16-5-1-6-17(15-16)26-13-4-10-22-26/h1,3-6,9-11,13,15,18H,2,7-8,12,14H2,(H,23,28)/t18-/m0/s1. The van der Waals surface area contributed by atoms with Crippen molar-refractivity contribution in [2.45, 2.75) is 31.8 Å². The predicted molar refractivity (Wildman–Crippen MR) is 104 cm³/mol. The molecule has 144 valence electrons. The molecule has 1 aliphatic heterocycles. The first-order valence-corrected chi connectivity index (χ1v) is 9.38. The molecule has 1 fully saturated rings. The van der Waals surface area contributed by atoms with Crippen LogP contribution in [0.3, 0.4) is 0 Å². The van der Waals surface area contributed by atoms with Gasteiger partial charge in [0.15, 0.2) is 0 Å².